The van der Waals surface area contributed by atoms with Crippen molar-refractivity contribution in [3.05, 3.63) is 59.1 Å². The topological polar surface area (TPSA) is 84.9 Å². The van der Waals surface area contributed by atoms with Gasteiger partial charge in [0, 0.05) is 38.1 Å². The molecule has 1 aliphatic heterocycles. The summed E-state index contributed by atoms with van der Waals surface area (Å²) in [7, 11) is -2.04. The zero-order valence-corrected chi connectivity index (χ0v) is 20.6. The fraction of sp³-hybridized carbons (Fsp3) is 0.458. The van der Waals surface area contributed by atoms with E-state index < -0.39 is 10.0 Å². The molecule has 1 heterocycles. The van der Waals surface area contributed by atoms with Crippen molar-refractivity contribution in [1.29, 1.82) is 0 Å². The molecule has 9 heteroatoms. The molecule has 3 rings (SSSR count). The van der Waals surface area contributed by atoms with Gasteiger partial charge in [-0.2, -0.15) is 0 Å². The van der Waals surface area contributed by atoms with Gasteiger partial charge in [0.25, 0.3) is 0 Å². The number of amides is 1. The lowest BCUT2D eigenvalue weighted by Gasteiger charge is -2.38. The summed E-state index contributed by atoms with van der Waals surface area (Å²) in [6, 6.07) is 15.0. The van der Waals surface area contributed by atoms with Gasteiger partial charge in [0.15, 0.2) is 0 Å². The second-order valence-electron chi connectivity index (χ2n) is 8.29. The van der Waals surface area contributed by atoms with E-state index in [0.717, 1.165) is 19.1 Å². The van der Waals surface area contributed by atoms with Crippen molar-refractivity contribution in [3.8, 4) is 5.75 Å². The van der Waals surface area contributed by atoms with E-state index in [0.29, 0.717) is 42.6 Å². The van der Waals surface area contributed by atoms with Crippen LogP contribution >= 0.6 is 11.6 Å². The van der Waals surface area contributed by atoms with E-state index in [2.05, 4.69) is 17.4 Å². The maximum Gasteiger partial charge on any atom is 0.232 e. The highest BCUT2D eigenvalue weighted by molar-refractivity contribution is 7.92. The number of anilines is 1. The van der Waals surface area contributed by atoms with Crippen LogP contribution in [0.3, 0.4) is 0 Å². The summed E-state index contributed by atoms with van der Waals surface area (Å²) in [5.41, 5.74) is 1.50. The summed E-state index contributed by atoms with van der Waals surface area (Å²) in [5.74, 6) is 0.367. The van der Waals surface area contributed by atoms with E-state index in [1.165, 1.54) is 17.0 Å². The molecule has 0 atom stereocenters. The average Bonchev–Trinajstić information content (AvgIpc) is 2.81. The molecule has 0 spiro atoms. The van der Waals surface area contributed by atoms with Crippen LogP contribution < -0.4 is 14.4 Å². The normalized spacial score (nSPS) is 15.6. The Balaban J connectivity index is 1.59. The third kappa shape index (κ3) is 6.62. The highest BCUT2D eigenvalue weighted by Gasteiger charge is 2.34. The van der Waals surface area contributed by atoms with Gasteiger partial charge in [-0.3, -0.25) is 9.10 Å². The Bertz CT molecular complexity index is 1040. The summed E-state index contributed by atoms with van der Waals surface area (Å²) in [4.78, 5) is 12.6. The van der Waals surface area contributed by atoms with E-state index in [9.17, 15) is 13.2 Å². The molecule has 0 unspecified atom stereocenters. The molecule has 1 N–H and O–H groups in total. The van der Waals surface area contributed by atoms with Crippen molar-refractivity contribution >= 4 is 33.2 Å². The van der Waals surface area contributed by atoms with Crippen LogP contribution in [-0.4, -0.2) is 54.0 Å². The lowest BCUT2D eigenvalue weighted by Crippen LogP contribution is -2.44. The van der Waals surface area contributed by atoms with Gasteiger partial charge in [0.1, 0.15) is 5.75 Å². The first-order chi connectivity index (χ1) is 15.7. The number of sulfonamides is 1. The first-order valence-electron chi connectivity index (χ1n) is 11.0. The van der Waals surface area contributed by atoms with Crippen molar-refractivity contribution in [2.24, 2.45) is 0 Å². The zero-order chi connectivity index (χ0) is 23.9. The quantitative estimate of drug-likeness (QED) is 0.543. The van der Waals surface area contributed by atoms with Crippen molar-refractivity contribution in [2.45, 2.75) is 31.1 Å². The van der Waals surface area contributed by atoms with E-state index in [-0.39, 0.29) is 24.3 Å². The number of rotatable bonds is 10. The highest BCUT2D eigenvalue weighted by Crippen LogP contribution is 2.34. The molecule has 1 amide bonds. The Labute approximate surface area is 201 Å². The molecule has 1 aliphatic rings. The second-order valence-corrected chi connectivity index (χ2v) is 10.6. The molecule has 7 nitrogen and oxygen atoms in total. The minimum Gasteiger partial charge on any atom is -0.495 e. The van der Waals surface area contributed by atoms with Gasteiger partial charge in [-0.05, 0) is 43.0 Å². The minimum absolute atomic E-state index is 0.0991. The van der Waals surface area contributed by atoms with Gasteiger partial charge in [-0.1, -0.05) is 41.9 Å². The van der Waals surface area contributed by atoms with Gasteiger partial charge in [0.05, 0.1) is 24.1 Å². The van der Waals surface area contributed by atoms with E-state index in [4.69, 9.17) is 21.1 Å². The maximum absolute atomic E-state index is 12.6. The Morgan fingerprint density at radius 3 is 2.48 bits per heavy atom. The Kier molecular flexibility index (Phi) is 8.62. The van der Waals surface area contributed by atoms with Crippen molar-refractivity contribution in [1.82, 2.24) is 5.32 Å². The van der Waals surface area contributed by atoms with Crippen LogP contribution in [0.4, 0.5) is 5.69 Å². The van der Waals surface area contributed by atoms with Crippen molar-refractivity contribution < 1.29 is 22.7 Å². The predicted octanol–water partition coefficient (Wildman–Crippen LogP) is 3.76. The monoisotopic (exact) mass is 494 g/mol. The number of ether oxygens (including phenoxy) is 2. The molecule has 1 fully saturated rings. The van der Waals surface area contributed by atoms with Gasteiger partial charge in [0.2, 0.25) is 15.9 Å². The summed E-state index contributed by atoms with van der Waals surface area (Å²) in [6.07, 6.45) is 3.43. The molecule has 33 heavy (non-hydrogen) atoms. The number of hydrogen-bond acceptors (Lipinski definition) is 5. The number of carbonyl (C=O) groups is 1. The number of hydrogen-bond donors (Lipinski definition) is 1. The number of carbonyl (C=O) groups excluding carboxylic acids is 1. The summed E-state index contributed by atoms with van der Waals surface area (Å²) < 4.78 is 36.6. The number of halogens is 1. The minimum atomic E-state index is -3.54. The largest absolute Gasteiger partial charge is 0.495 e. The summed E-state index contributed by atoms with van der Waals surface area (Å²) in [6.45, 7) is 2.03. The van der Waals surface area contributed by atoms with Crippen molar-refractivity contribution in [3.63, 3.8) is 0 Å². The smallest absolute Gasteiger partial charge is 0.232 e. The van der Waals surface area contributed by atoms with Crippen LogP contribution in [0.5, 0.6) is 5.75 Å². The molecule has 2 aromatic rings. The first kappa shape index (κ1) is 25.3. The number of nitrogens with zero attached hydrogens (tertiary/aromatic N) is 1. The number of methoxy groups -OCH3 is 1. The maximum atomic E-state index is 12.6. The van der Waals surface area contributed by atoms with Gasteiger partial charge >= 0.3 is 0 Å². The summed E-state index contributed by atoms with van der Waals surface area (Å²) >= 11 is 6.17. The van der Waals surface area contributed by atoms with Gasteiger partial charge in [-0.15, -0.1) is 0 Å². The van der Waals surface area contributed by atoms with Crippen LogP contribution in [0, 0.1) is 0 Å². The van der Waals surface area contributed by atoms with Gasteiger partial charge < -0.3 is 14.8 Å². The molecule has 2 aromatic carbocycles. The predicted molar refractivity (Wildman–Crippen MR) is 131 cm³/mol. The molecule has 0 bridgehead atoms. The molecule has 0 aliphatic carbocycles. The summed E-state index contributed by atoms with van der Waals surface area (Å²) in [5, 5.41) is 3.39. The molecular weight excluding hydrogens is 464 g/mol. The van der Waals surface area contributed by atoms with Crippen molar-refractivity contribution in [2.75, 3.05) is 44.0 Å². The van der Waals surface area contributed by atoms with Crippen LogP contribution in [0.25, 0.3) is 0 Å². The fourth-order valence-electron chi connectivity index (χ4n) is 4.16. The van der Waals surface area contributed by atoms with E-state index in [1.54, 1.807) is 18.2 Å². The van der Waals surface area contributed by atoms with Crippen LogP contribution in [0.1, 0.15) is 31.2 Å². The number of benzene rings is 2. The molecule has 0 aromatic heterocycles. The molecule has 180 valence electrons. The first-order valence-corrected chi connectivity index (χ1v) is 13.2. The van der Waals surface area contributed by atoms with E-state index >= 15 is 0 Å². The Morgan fingerprint density at radius 2 is 1.88 bits per heavy atom. The van der Waals surface area contributed by atoms with Crippen LogP contribution in [0.2, 0.25) is 5.02 Å². The highest BCUT2D eigenvalue weighted by atomic mass is 35.5. The second kappa shape index (κ2) is 11.2. The van der Waals surface area contributed by atoms with Gasteiger partial charge in [-0.25, -0.2) is 8.42 Å². The Hall–Kier alpha value is -2.29. The third-order valence-electron chi connectivity index (χ3n) is 6.05. The lowest BCUT2D eigenvalue weighted by molar-refractivity contribution is -0.121. The van der Waals surface area contributed by atoms with Crippen LogP contribution in [-0.2, 0) is 25.0 Å². The molecule has 0 radical (unpaired) electrons. The van der Waals surface area contributed by atoms with Crippen LogP contribution in [0.15, 0.2) is 48.5 Å². The SMILES string of the molecule is COc1ccc(N(CCCC(=O)NCC2(c3ccccc3)CCOCC2)S(C)(=O)=O)cc1Cl. The lowest BCUT2D eigenvalue weighted by atomic mass is 9.74. The van der Waals surface area contributed by atoms with E-state index in [1.807, 2.05) is 18.2 Å². The molecule has 0 saturated carbocycles. The average molecular weight is 495 g/mol. The molecule has 1 saturated heterocycles. The number of nitrogens with one attached hydrogen (secondary N) is 1. The Morgan fingerprint density at radius 1 is 1.18 bits per heavy atom. The molecular formula is C24H31ClN2O5S. The zero-order valence-electron chi connectivity index (χ0n) is 19.1. The third-order valence-corrected chi connectivity index (χ3v) is 7.54. The standard InChI is InChI=1S/C24H31ClN2O5S/c1-31-22-11-10-20(17-21(22)25)27(33(2,29)30)14-6-9-23(28)26-18-24(12-15-32-16-13-24)19-7-4-3-5-8-19/h3-5,7-8,10-11,17H,6,9,12-16,18H2,1-2H3,(H,26,28). The fourth-order valence-corrected chi connectivity index (χ4v) is 5.37.